The number of benzene rings is 2. The third kappa shape index (κ3) is 7.29. The van der Waals surface area contributed by atoms with Gasteiger partial charge in [-0.3, -0.25) is 0 Å². The number of nitrogens with one attached hydrogen (secondary N) is 1. The van der Waals surface area contributed by atoms with Crippen molar-refractivity contribution >= 4 is 47.7 Å². The van der Waals surface area contributed by atoms with Crippen LogP contribution in [0.3, 0.4) is 0 Å². The van der Waals surface area contributed by atoms with Crippen LogP contribution in [0.5, 0.6) is 0 Å². The summed E-state index contributed by atoms with van der Waals surface area (Å²) in [7, 11) is -2.80. The van der Waals surface area contributed by atoms with Gasteiger partial charge in [-0.25, -0.2) is 0 Å². The number of carbonyl (C=O) groups excluding carboxylic acids is 3. The van der Waals surface area contributed by atoms with Crippen LogP contribution in [0, 0.1) is 0 Å². The van der Waals surface area contributed by atoms with Crippen molar-refractivity contribution in [2.45, 2.75) is 5.21 Å². The molecule has 0 bridgehead atoms. The molecular formula is C19H19AsNO6S. The maximum atomic E-state index is 12.1. The minimum absolute atomic E-state index is 0.0569. The summed E-state index contributed by atoms with van der Waals surface area (Å²) in [6.45, 7) is 0. The minimum atomic E-state index is -3.87. The molecule has 2 aromatic carbocycles. The number of hydrogen-bond donors (Lipinski definition) is 1. The van der Waals surface area contributed by atoms with Gasteiger partial charge in [-0.05, 0) is 0 Å². The summed E-state index contributed by atoms with van der Waals surface area (Å²) in [4.78, 5) is 35.0. The van der Waals surface area contributed by atoms with E-state index in [4.69, 9.17) is 0 Å². The van der Waals surface area contributed by atoms with E-state index >= 15 is 0 Å². The number of amides is 1. The SMILES string of the molecule is COC(=O)CS(=O)(=O)CC(=O)[As]CC(=O)Nc1cccc(-c2ccccc2)c1. The molecule has 0 atom stereocenters. The van der Waals surface area contributed by atoms with Gasteiger partial charge in [0.15, 0.2) is 0 Å². The molecule has 0 saturated carbocycles. The number of rotatable bonds is 9. The van der Waals surface area contributed by atoms with Crippen LogP contribution < -0.4 is 5.32 Å². The van der Waals surface area contributed by atoms with E-state index in [1.807, 2.05) is 48.5 Å². The third-order valence-electron chi connectivity index (χ3n) is 3.56. The van der Waals surface area contributed by atoms with Crippen LogP contribution in [0.1, 0.15) is 0 Å². The van der Waals surface area contributed by atoms with Crippen molar-refractivity contribution in [2.24, 2.45) is 0 Å². The van der Waals surface area contributed by atoms with Gasteiger partial charge in [0.25, 0.3) is 0 Å². The fourth-order valence-electron chi connectivity index (χ4n) is 2.29. The molecule has 0 fully saturated rings. The molecule has 1 N–H and O–H groups in total. The number of methoxy groups -OCH3 is 1. The summed E-state index contributed by atoms with van der Waals surface area (Å²) in [5.41, 5.74) is 2.55. The first-order chi connectivity index (χ1) is 13.3. The Morgan fingerprint density at radius 1 is 0.964 bits per heavy atom. The van der Waals surface area contributed by atoms with Gasteiger partial charge in [-0.15, -0.1) is 0 Å². The van der Waals surface area contributed by atoms with Crippen LogP contribution in [-0.2, 0) is 29.0 Å². The van der Waals surface area contributed by atoms with Gasteiger partial charge in [0.1, 0.15) is 0 Å². The van der Waals surface area contributed by atoms with E-state index in [0.29, 0.717) is 5.69 Å². The summed E-state index contributed by atoms with van der Waals surface area (Å²) in [6.07, 6.45) is 0. The van der Waals surface area contributed by atoms with E-state index in [1.54, 1.807) is 6.07 Å². The quantitative estimate of drug-likeness (QED) is 0.446. The van der Waals surface area contributed by atoms with Crippen molar-refractivity contribution < 1.29 is 27.5 Å². The molecule has 2 rings (SSSR count). The van der Waals surface area contributed by atoms with Crippen molar-refractivity contribution in [3.8, 4) is 11.1 Å². The van der Waals surface area contributed by atoms with Crippen LogP contribution in [0.4, 0.5) is 5.69 Å². The van der Waals surface area contributed by atoms with E-state index in [1.165, 1.54) is 0 Å². The van der Waals surface area contributed by atoms with Crippen LogP contribution >= 0.6 is 0 Å². The first-order valence-corrected chi connectivity index (χ1v) is 12.3. The number of anilines is 1. The van der Waals surface area contributed by atoms with Crippen molar-refractivity contribution in [3.63, 3.8) is 0 Å². The first-order valence-electron chi connectivity index (χ1n) is 8.22. The number of carbonyl (C=O) groups is 3. The van der Waals surface area contributed by atoms with Crippen molar-refractivity contribution in [1.29, 1.82) is 0 Å². The Labute approximate surface area is 170 Å². The van der Waals surface area contributed by atoms with Crippen molar-refractivity contribution in [3.05, 3.63) is 54.6 Å². The number of esters is 1. The van der Waals surface area contributed by atoms with E-state index in [0.717, 1.165) is 18.2 Å². The molecule has 0 aliphatic heterocycles. The molecule has 0 saturated heterocycles. The maximum absolute atomic E-state index is 12.1. The molecule has 1 radical (unpaired) electrons. The molecule has 0 aliphatic carbocycles. The molecular weight excluding hydrogens is 445 g/mol. The molecule has 9 heteroatoms. The van der Waals surface area contributed by atoms with E-state index in [2.05, 4.69) is 10.1 Å². The molecule has 2 aromatic rings. The molecule has 0 spiro atoms. The standard InChI is InChI=1S/C19H19AsNO6S/c1-27-19(24)13-28(25,26)12-17(22)20-11-18(23)21-16-9-5-8-15(10-16)14-6-3-2-4-7-14/h2-10H,11-13H2,1H3,(H,21,23). The van der Waals surface area contributed by atoms with Gasteiger partial charge in [-0.1, -0.05) is 0 Å². The Bertz CT molecular complexity index is 959. The predicted octanol–water partition coefficient (Wildman–Crippen LogP) is 1.53. The molecule has 0 unspecified atom stereocenters. The number of sulfone groups is 1. The fourth-order valence-corrected chi connectivity index (χ4v) is 5.99. The fraction of sp³-hybridized carbons (Fsp3) is 0.211. The number of ether oxygens (including phenoxy) is 1. The van der Waals surface area contributed by atoms with Crippen LogP contribution in [0.2, 0.25) is 5.21 Å². The zero-order chi connectivity index (χ0) is 20.6. The van der Waals surface area contributed by atoms with Gasteiger partial charge in [-0.2, -0.15) is 0 Å². The first kappa shape index (κ1) is 21.9. The Kier molecular flexibility index (Phi) is 7.96. The molecule has 0 heterocycles. The van der Waals surface area contributed by atoms with E-state index in [9.17, 15) is 22.8 Å². The van der Waals surface area contributed by atoms with Crippen molar-refractivity contribution in [1.82, 2.24) is 0 Å². The molecule has 7 nitrogen and oxygen atoms in total. The second-order valence-electron chi connectivity index (χ2n) is 5.81. The van der Waals surface area contributed by atoms with Gasteiger partial charge >= 0.3 is 170 Å². The van der Waals surface area contributed by atoms with Crippen LogP contribution in [0.15, 0.2) is 54.6 Å². The van der Waals surface area contributed by atoms with Gasteiger partial charge in [0, 0.05) is 0 Å². The molecule has 0 aromatic heterocycles. The van der Waals surface area contributed by atoms with E-state index < -0.39 is 47.6 Å². The second kappa shape index (κ2) is 10.2. The molecule has 28 heavy (non-hydrogen) atoms. The van der Waals surface area contributed by atoms with Gasteiger partial charge < -0.3 is 0 Å². The zero-order valence-electron chi connectivity index (χ0n) is 15.1. The van der Waals surface area contributed by atoms with E-state index in [-0.39, 0.29) is 11.1 Å². The number of hydrogen-bond acceptors (Lipinski definition) is 6. The Balaban J connectivity index is 1.87. The Hall–Kier alpha value is -2.44. The van der Waals surface area contributed by atoms with Crippen LogP contribution in [0.25, 0.3) is 11.1 Å². The molecule has 147 valence electrons. The zero-order valence-corrected chi connectivity index (χ0v) is 17.8. The van der Waals surface area contributed by atoms with Crippen molar-refractivity contribution in [2.75, 3.05) is 23.9 Å². The summed E-state index contributed by atoms with van der Waals surface area (Å²) >= 11 is -1.15. The summed E-state index contributed by atoms with van der Waals surface area (Å²) < 4.78 is 27.2. The van der Waals surface area contributed by atoms with Gasteiger partial charge in [0.05, 0.1) is 0 Å². The second-order valence-corrected chi connectivity index (χ2v) is 10.3. The summed E-state index contributed by atoms with van der Waals surface area (Å²) in [5, 5.41) is 2.66. The summed E-state index contributed by atoms with van der Waals surface area (Å²) in [5.74, 6) is -2.86. The molecule has 0 aliphatic rings. The Morgan fingerprint density at radius 3 is 2.32 bits per heavy atom. The van der Waals surface area contributed by atoms with Gasteiger partial charge in [0.2, 0.25) is 0 Å². The van der Waals surface area contributed by atoms with Crippen LogP contribution in [-0.4, -0.2) is 59.2 Å². The topological polar surface area (TPSA) is 107 Å². The summed E-state index contributed by atoms with van der Waals surface area (Å²) in [6, 6.07) is 17.0. The normalized spacial score (nSPS) is 11.3. The average molecular weight is 464 g/mol. The predicted molar refractivity (Wildman–Crippen MR) is 107 cm³/mol. The monoisotopic (exact) mass is 464 g/mol. The Morgan fingerprint density at radius 2 is 1.64 bits per heavy atom. The average Bonchev–Trinajstić information content (AvgIpc) is 2.66. The molecule has 1 amide bonds. The third-order valence-corrected chi connectivity index (χ3v) is 7.41.